The van der Waals surface area contributed by atoms with Crippen molar-refractivity contribution in [1.82, 2.24) is 0 Å². The molecule has 0 saturated carbocycles. The zero-order valence-corrected chi connectivity index (χ0v) is 10.8. The summed E-state index contributed by atoms with van der Waals surface area (Å²) in [6.45, 7) is 2.75. The highest BCUT2D eigenvalue weighted by atomic mass is 19.1. The van der Waals surface area contributed by atoms with E-state index in [9.17, 15) is 4.39 Å². The molecule has 0 amide bonds. The van der Waals surface area contributed by atoms with Crippen molar-refractivity contribution in [3.63, 3.8) is 0 Å². The van der Waals surface area contributed by atoms with Crippen LogP contribution in [0, 0.1) is 12.7 Å². The van der Waals surface area contributed by atoms with E-state index in [4.69, 9.17) is 4.84 Å². The normalized spacial score (nSPS) is 14.5. The maximum atomic E-state index is 13.0. The molecule has 1 aliphatic rings. The van der Waals surface area contributed by atoms with Crippen LogP contribution < -0.4 is 4.97 Å². The molecule has 0 bridgehead atoms. The molecule has 2 nitrogen and oxygen atoms in total. The summed E-state index contributed by atoms with van der Waals surface area (Å²) < 4.78 is 13.0. The number of nitrogens with zero attached hydrogens (tertiary/aromatic N) is 1. The summed E-state index contributed by atoms with van der Waals surface area (Å²) in [5.74, 6) is -0.220. The lowest BCUT2D eigenvalue weighted by Gasteiger charge is -2.21. The van der Waals surface area contributed by atoms with Gasteiger partial charge in [-0.1, -0.05) is 23.8 Å². The van der Waals surface area contributed by atoms with Gasteiger partial charge in [0.15, 0.2) is 0 Å². The second-order valence-electron chi connectivity index (χ2n) is 4.66. The number of aryl methyl sites for hydroxylation is 1. The highest BCUT2D eigenvalue weighted by Crippen LogP contribution is 2.33. The van der Waals surface area contributed by atoms with Crippen LogP contribution in [0.3, 0.4) is 0 Å². The zero-order valence-electron chi connectivity index (χ0n) is 10.8. The third kappa shape index (κ3) is 2.49. The molecule has 0 aliphatic carbocycles. The summed E-state index contributed by atoms with van der Waals surface area (Å²) >= 11 is 0. The van der Waals surface area contributed by atoms with Crippen LogP contribution in [0.15, 0.2) is 42.5 Å². The Morgan fingerprint density at radius 1 is 1.16 bits per heavy atom. The molecule has 0 N–H and O–H groups in total. The summed E-state index contributed by atoms with van der Waals surface area (Å²) in [6.07, 6.45) is 0.913. The van der Waals surface area contributed by atoms with Gasteiger partial charge in [0.25, 0.3) is 7.41 Å². The first-order valence-electron chi connectivity index (χ1n) is 6.36. The molecular formula is C15H14BFNO. The van der Waals surface area contributed by atoms with Crippen LogP contribution in [0.5, 0.6) is 0 Å². The largest absolute Gasteiger partial charge is 0.306 e. The predicted molar refractivity (Wildman–Crippen MR) is 75.6 cm³/mol. The minimum atomic E-state index is -0.220. The molecule has 19 heavy (non-hydrogen) atoms. The van der Waals surface area contributed by atoms with Gasteiger partial charge in [0.2, 0.25) is 0 Å². The average molecular weight is 254 g/mol. The van der Waals surface area contributed by atoms with Crippen LogP contribution in [0.2, 0.25) is 6.32 Å². The summed E-state index contributed by atoms with van der Waals surface area (Å²) in [4.78, 5) is 7.37. The first-order valence-corrected chi connectivity index (χ1v) is 6.36. The second kappa shape index (κ2) is 5.06. The van der Waals surface area contributed by atoms with E-state index in [1.165, 1.54) is 17.7 Å². The minimum Gasteiger partial charge on any atom is -0.306 e. The number of rotatable bonds is 2. The van der Waals surface area contributed by atoms with E-state index in [1.54, 1.807) is 17.1 Å². The van der Waals surface area contributed by atoms with E-state index >= 15 is 0 Å². The van der Waals surface area contributed by atoms with Crippen LogP contribution in [0.25, 0.3) is 11.1 Å². The standard InChI is InChI=1S/C15H14BFNO/c1-11-2-7-15(18-16-8-9-19-18)14(10-11)12-3-5-13(17)6-4-12/h2-7,10H,8-9H2,1H3. The average Bonchev–Trinajstić information content (AvgIpc) is 2.93. The zero-order chi connectivity index (χ0) is 13.2. The van der Waals surface area contributed by atoms with Crippen molar-refractivity contribution < 1.29 is 9.23 Å². The second-order valence-corrected chi connectivity index (χ2v) is 4.66. The monoisotopic (exact) mass is 254 g/mol. The number of hydrogen-bond acceptors (Lipinski definition) is 2. The van der Waals surface area contributed by atoms with E-state index in [2.05, 4.69) is 12.1 Å². The van der Waals surface area contributed by atoms with Gasteiger partial charge in [-0.2, -0.15) is 0 Å². The number of hydrogen-bond donors (Lipinski definition) is 0. The Hall–Kier alpha value is -1.81. The van der Waals surface area contributed by atoms with E-state index in [0.29, 0.717) is 6.61 Å². The molecule has 0 atom stereocenters. The Kier molecular flexibility index (Phi) is 3.26. The molecule has 2 aromatic carbocycles. The molecule has 3 rings (SSSR count). The van der Waals surface area contributed by atoms with Gasteiger partial charge in [-0.25, -0.2) is 4.39 Å². The lowest BCUT2D eigenvalue weighted by Crippen LogP contribution is -2.19. The molecule has 1 heterocycles. The molecule has 1 radical (unpaired) electrons. The van der Waals surface area contributed by atoms with E-state index in [0.717, 1.165) is 23.1 Å². The van der Waals surface area contributed by atoms with Gasteiger partial charge in [0, 0.05) is 5.56 Å². The van der Waals surface area contributed by atoms with Crippen molar-refractivity contribution >= 4 is 13.1 Å². The van der Waals surface area contributed by atoms with Crippen LogP contribution in [-0.2, 0) is 4.84 Å². The van der Waals surface area contributed by atoms with Crippen molar-refractivity contribution in [2.24, 2.45) is 0 Å². The lowest BCUT2D eigenvalue weighted by atomic mass is 9.88. The van der Waals surface area contributed by atoms with Crippen LogP contribution in [0.1, 0.15) is 5.56 Å². The Morgan fingerprint density at radius 2 is 1.95 bits per heavy atom. The smallest absolute Gasteiger partial charge is 0.288 e. The predicted octanol–water partition coefficient (Wildman–Crippen LogP) is 3.59. The van der Waals surface area contributed by atoms with Crippen molar-refractivity contribution in [3.8, 4) is 11.1 Å². The Bertz CT molecular complexity index is 579. The number of halogens is 1. The molecular weight excluding hydrogens is 240 g/mol. The summed E-state index contributed by atoms with van der Waals surface area (Å²) in [5, 5.41) is 0. The molecule has 95 valence electrons. The molecule has 0 unspecified atom stereocenters. The maximum Gasteiger partial charge on any atom is 0.288 e. The van der Waals surface area contributed by atoms with Crippen molar-refractivity contribution in [2.45, 2.75) is 13.2 Å². The molecule has 2 aromatic rings. The van der Waals surface area contributed by atoms with Gasteiger partial charge < -0.3 is 4.97 Å². The van der Waals surface area contributed by atoms with Gasteiger partial charge in [-0.3, -0.25) is 4.84 Å². The maximum absolute atomic E-state index is 13.0. The summed E-state index contributed by atoms with van der Waals surface area (Å²) in [7, 11) is 2.03. The third-order valence-corrected chi connectivity index (χ3v) is 3.19. The van der Waals surface area contributed by atoms with Gasteiger partial charge in [0.05, 0.1) is 12.3 Å². The SMILES string of the molecule is Cc1ccc(N2[B]CCO2)c(-c2ccc(F)cc2)c1. The molecule has 1 fully saturated rings. The fourth-order valence-corrected chi connectivity index (χ4v) is 2.24. The van der Waals surface area contributed by atoms with Crippen LogP contribution in [-0.4, -0.2) is 14.0 Å². The van der Waals surface area contributed by atoms with Gasteiger partial charge in [0.1, 0.15) is 5.82 Å². The van der Waals surface area contributed by atoms with Gasteiger partial charge in [-0.05, 0) is 43.1 Å². The van der Waals surface area contributed by atoms with E-state index in [1.807, 2.05) is 20.4 Å². The first-order chi connectivity index (χ1) is 9.24. The highest BCUT2D eigenvalue weighted by molar-refractivity contribution is 6.41. The summed E-state index contributed by atoms with van der Waals surface area (Å²) in [5.41, 5.74) is 4.21. The quantitative estimate of drug-likeness (QED) is 0.759. The van der Waals surface area contributed by atoms with Crippen LogP contribution in [0.4, 0.5) is 10.1 Å². The Labute approximate surface area is 113 Å². The fourth-order valence-electron chi connectivity index (χ4n) is 2.24. The molecule has 4 heteroatoms. The fraction of sp³-hybridized carbons (Fsp3) is 0.200. The number of benzene rings is 2. The van der Waals surface area contributed by atoms with Crippen molar-refractivity contribution in [1.29, 1.82) is 0 Å². The van der Waals surface area contributed by atoms with Crippen molar-refractivity contribution in [3.05, 3.63) is 53.8 Å². The molecule has 1 saturated heterocycles. The molecule has 1 aliphatic heterocycles. The Balaban J connectivity index is 2.07. The first kappa shape index (κ1) is 12.2. The van der Waals surface area contributed by atoms with Crippen molar-refractivity contribution in [2.75, 3.05) is 11.6 Å². The van der Waals surface area contributed by atoms with E-state index in [-0.39, 0.29) is 5.82 Å². The molecule has 0 aromatic heterocycles. The number of anilines is 1. The van der Waals surface area contributed by atoms with E-state index < -0.39 is 0 Å². The third-order valence-electron chi connectivity index (χ3n) is 3.19. The van der Waals surface area contributed by atoms with Gasteiger partial charge >= 0.3 is 0 Å². The topological polar surface area (TPSA) is 12.5 Å². The molecule has 0 spiro atoms. The highest BCUT2D eigenvalue weighted by Gasteiger charge is 2.19. The Morgan fingerprint density at radius 3 is 2.63 bits per heavy atom. The van der Waals surface area contributed by atoms with Gasteiger partial charge in [-0.15, -0.1) is 0 Å². The van der Waals surface area contributed by atoms with Crippen LogP contribution >= 0.6 is 0 Å². The lowest BCUT2D eigenvalue weighted by molar-refractivity contribution is 0.185. The minimum absolute atomic E-state index is 0.220. The summed E-state index contributed by atoms with van der Waals surface area (Å²) in [6, 6.07) is 12.7.